The lowest BCUT2D eigenvalue weighted by atomic mass is 9.78. The summed E-state index contributed by atoms with van der Waals surface area (Å²) in [6, 6.07) is 14.4. The summed E-state index contributed by atoms with van der Waals surface area (Å²) in [5, 5.41) is 18.6. The van der Waals surface area contributed by atoms with Crippen LogP contribution in [0, 0.1) is 0 Å². The van der Waals surface area contributed by atoms with Crippen LogP contribution in [0.3, 0.4) is 0 Å². The number of rotatable bonds is 2. The second-order valence-electron chi connectivity index (χ2n) is 5.91. The zero-order valence-electron chi connectivity index (χ0n) is 13.0. The highest BCUT2D eigenvalue weighted by atomic mass is 35.5. The van der Waals surface area contributed by atoms with E-state index in [1.54, 1.807) is 24.3 Å². The minimum atomic E-state index is -0.151. The molecule has 0 bridgehead atoms. The highest BCUT2D eigenvalue weighted by molar-refractivity contribution is 6.21. The molecule has 4 heteroatoms. The fourth-order valence-corrected chi connectivity index (χ4v) is 2.24. The van der Waals surface area contributed by atoms with Gasteiger partial charge in [-0.25, -0.2) is 0 Å². The van der Waals surface area contributed by atoms with E-state index in [1.807, 2.05) is 31.2 Å². The van der Waals surface area contributed by atoms with Gasteiger partial charge in [-0.15, -0.1) is 0 Å². The Balaban J connectivity index is 0.000000299. The SMILES string of the molecule is CC(C)(c1ccc(O)cc1)c1ccc(O)cc1.CC1OC1Cl. The number of phenols is 2. The van der Waals surface area contributed by atoms with Gasteiger partial charge in [-0.1, -0.05) is 49.7 Å². The van der Waals surface area contributed by atoms with Crippen LogP contribution in [0.1, 0.15) is 31.9 Å². The molecule has 0 amide bonds. The van der Waals surface area contributed by atoms with E-state index >= 15 is 0 Å². The van der Waals surface area contributed by atoms with Crippen molar-refractivity contribution in [1.29, 1.82) is 0 Å². The van der Waals surface area contributed by atoms with Crippen LogP contribution in [0.25, 0.3) is 0 Å². The first kappa shape index (κ1) is 16.7. The first-order valence-corrected chi connectivity index (χ1v) is 7.63. The molecule has 0 aromatic heterocycles. The number of hydrogen-bond acceptors (Lipinski definition) is 3. The van der Waals surface area contributed by atoms with Crippen LogP contribution in [0.2, 0.25) is 0 Å². The quantitative estimate of drug-likeness (QED) is 0.637. The van der Waals surface area contributed by atoms with E-state index in [0.29, 0.717) is 6.10 Å². The largest absolute Gasteiger partial charge is 0.508 e. The van der Waals surface area contributed by atoms with Crippen LogP contribution in [-0.4, -0.2) is 21.9 Å². The third kappa shape index (κ3) is 4.15. The van der Waals surface area contributed by atoms with Crippen molar-refractivity contribution in [2.45, 2.75) is 37.9 Å². The smallest absolute Gasteiger partial charge is 0.157 e. The molecule has 3 nitrogen and oxygen atoms in total. The molecule has 118 valence electrons. The molecular formula is C18H21ClO3. The number of ether oxygens (including phenoxy) is 1. The monoisotopic (exact) mass is 320 g/mol. The second-order valence-corrected chi connectivity index (χ2v) is 6.34. The third-order valence-corrected chi connectivity index (χ3v) is 4.27. The molecule has 0 spiro atoms. The fourth-order valence-electron chi connectivity index (χ4n) is 2.08. The zero-order valence-corrected chi connectivity index (χ0v) is 13.7. The molecule has 1 heterocycles. The van der Waals surface area contributed by atoms with Crippen molar-refractivity contribution in [3.63, 3.8) is 0 Å². The van der Waals surface area contributed by atoms with Crippen LogP contribution in [0.15, 0.2) is 48.5 Å². The van der Waals surface area contributed by atoms with Crippen molar-refractivity contribution in [3.8, 4) is 11.5 Å². The molecule has 0 radical (unpaired) electrons. The van der Waals surface area contributed by atoms with Gasteiger partial charge in [-0.05, 0) is 42.3 Å². The van der Waals surface area contributed by atoms with Gasteiger partial charge in [0.05, 0.1) is 6.10 Å². The summed E-state index contributed by atoms with van der Waals surface area (Å²) in [6.45, 7) is 6.18. The fraction of sp³-hybridized carbons (Fsp3) is 0.333. The molecular weight excluding hydrogens is 300 g/mol. The Morgan fingerprint density at radius 2 is 1.14 bits per heavy atom. The Morgan fingerprint density at radius 3 is 1.36 bits per heavy atom. The number of aromatic hydroxyl groups is 2. The number of alkyl halides is 1. The maximum absolute atomic E-state index is 9.30. The molecule has 22 heavy (non-hydrogen) atoms. The third-order valence-electron chi connectivity index (χ3n) is 3.82. The highest BCUT2D eigenvalue weighted by Gasteiger charge is 2.30. The Hall–Kier alpha value is -1.71. The number of hydrogen-bond donors (Lipinski definition) is 2. The van der Waals surface area contributed by atoms with Crippen molar-refractivity contribution in [2.75, 3.05) is 0 Å². The lowest BCUT2D eigenvalue weighted by Crippen LogP contribution is -2.18. The van der Waals surface area contributed by atoms with Crippen molar-refractivity contribution in [3.05, 3.63) is 59.7 Å². The van der Waals surface area contributed by atoms with Crippen molar-refractivity contribution < 1.29 is 14.9 Å². The van der Waals surface area contributed by atoms with E-state index in [4.69, 9.17) is 11.6 Å². The molecule has 0 aliphatic carbocycles. The van der Waals surface area contributed by atoms with Crippen LogP contribution >= 0.6 is 11.6 Å². The molecule has 2 unspecified atom stereocenters. The average molecular weight is 321 g/mol. The Kier molecular flexibility index (Phi) is 4.99. The Bertz CT molecular complexity index is 552. The highest BCUT2D eigenvalue weighted by Crippen LogP contribution is 2.32. The standard InChI is InChI=1S/C15H16O2.C3H5ClO/c1-15(2,11-3-7-13(16)8-4-11)12-5-9-14(17)10-6-12;1-2-3(4)5-2/h3-10,16-17H,1-2H3;2-3H,1H3. The van der Waals surface area contributed by atoms with Crippen LogP contribution in [-0.2, 0) is 10.2 Å². The summed E-state index contributed by atoms with van der Waals surface area (Å²) < 4.78 is 4.68. The zero-order chi connectivity index (χ0) is 16.3. The molecule has 2 atom stereocenters. The topological polar surface area (TPSA) is 53.0 Å². The van der Waals surface area contributed by atoms with E-state index in [0.717, 1.165) is 11.1 Å². The second kappa shape index (κ2) is 6.59. The van der Waals surface area contributed by atoms with Gasteiger partial charge in [0.1, 0.15) is 11.5 Å². The lowest BCUT2D eigenvalue weighted by Gasteiger charge is -2.26. The van der Waals surface area contributed by atoms with E-state index < -0.39 is 0 Å². The van der Waals surface area contributed by atoms with Crippen LogP contribution < -0.4 is 0 Å². The first-order chi connectivity index (χ1) is 10.3. The van der Waals surface area contributed by atoms with Gasteiger partial charge in [0.25, 0.3) is 0 Å². The summed E-state index contributed by atoms with van der Waals surface area (Å²) >= 11 is 5.31. The van der Waals surface area contributed by atoms with Crippen LogP contribution in [0.5, 0.6) is 11.5 Å². The first-order valence-electron chi connectivity index (χ1n) is 7.19. The van der Waals surface area contributed by atoms with E-state index in [1.165, 1.54) is 0 Å². The maximum Gasteiger partial charge on any atom is 0.157 e. The molecule has 2 aromatic carbocycles. The summed E-state index contributed by atoms with van der Waals surface area (Å²) in [6.07, 6.45) is 0.316. The van der Waals surface area contributed by atoms with Gasteiger partial charge < -0.3 is 14.9 Å². The van der Waals surface area contributed by atoms with Gasteiger partial charge in [0.15, 0.2) is 5.56 Å². The van der Waals surface area contributed by atoms with Gasteiger partial charge >= 0.3 is 0 Å². The van der Waals surface area contributed by atoms with Crippen molar-refractivity contribution >= 4 is 11.6 Å². The van der Waals surface area contributed by atoms with Gasteiger partial charge in [-0.2, -0.15) is 0 Å². The minimum Gasteiger partial charge on any atom is -0.508 e. The molecule has 3 rings (SSSR count). The number of epoxide rings is 1. The summed E-state index contributed by atoms with van der Waals surface area (Å²) in [4.78, 5) is 0. The van der Waals surface area contributed by atoms with Crippen molar-refractivity contribution in [2.24, 2.45) is 0 Å². The maximum atomic E-state index is 9.30. The van der Waals surface area contributed by atoms with Gasteiger partial charge in [0.2, 0.25) is 0 Å². The summed E-state index contributed by atoms with van der Waals surface area (Å²) in [5.41, 5.74) is 2.12. The normalized spacial score (nSPS) is 20.0. The predicted molar refractivity (Wildman–Crippen MR) is 88.5 cm³/mol. The summed E-state index contributed by atoms with van der Waals surface area (Å²) in [5.74, 6) is 0.547. The number of phenolic OH excluding ortho intramolecular Hbond substituents is 2. The molecule has 1 aliphatic rings. The summed E-state index contributed by atoms with van der Waals surface area (Å²) in [7, 11) is 0. The van der Waals surface area contributed by atoms with E-state index in [9.17, 15) is 10.2 Å². The van der Waals surface area contributed by atoms with Gasteiger partial charge in [-0.3, -0.25) is 0 Å². The molecule has 1 aliphatic heterocycles. The Labute approximate surface area is 136 Å². The Morgan fingerprint density at radius 1 is 0.864 bits per heavy atom. The molecule has 2 N–H and O–H groups in total. The van der Waals surface area contributed by atoms with Crippen molar-refractivity contribution in [1.82, 2.24) is 0 Å². The van der Waals surface area contributed by atoms with E-state index in [-0.39, 0.29) is 22.5 Å². The molecule has 2 aromatic rings. The molecule has 0 saturated carbocycles. The molecule has 1 fully saturated rings. The minimum absolute atomic E-state index is 0.0231. The van der Waals surface area contributed by atoms with Crippen LogP contribution in [0.4, 0.5) is 0 Å². The molecule has 1 saturated heterocycles. The average Bonchev–Trinajstić information content (AvgIpc) is 3.13. The van der Waals surface area contributed by atoms with E-state index in [2.05, 4.69) is 18.6 Å². The number of halogens is 1. The predicted octanol–water partition coefficient (Wildman–Crippen LogP) is 4.39. The van der Waals surface area contributed by atoms with Gasteiger partial charge in [0, 0.05) is 5.41 Å². The number of benzene rings is 2. The lowest BCUT2D eigenvalue weighted by molar-refractivity contribution is 0.411.